The molecule has 1 aromatic carbocycles. The molecule has 8 nitrogen and oxygen atoms in total. The monoisotopic (exact) mass is 440 g/mol. The zero-order valence-corrected chi connectivity index (χ0v) is 17.6. The number of H-pyrrole nitrogens is 1. The Morgan fingerprint density at radius 3 is 2.74 bits per heavy atom. The van der Waals surface area contributed by atoms with Gasteiger partial charge in [-0.3, -0.25) is 9.59 Å². The Kier molecular flexibility index (Phi) is 5.85. The molecule has 1 amide bonds. The van der Waals surface area contributed by atoms with Crippen LogP contribution in [-0.4, -0.2) is 36.0 Å². The number of hydrogen-bond donors (Lipinski definition) is 2. The number of nitrogens with one attached hydrogen (secondary N) is 2. The molecule has 4 rings (SSSR count). The van der Waals surface area contributed by atoms with Crippen molar-refractivity contribution in [2.24, 2.45) is 0 Å². The van der Waals surface area contributed by atoms with E-state index in [0.29, 0.717) is 21.5 Å². The van der Waals surface area contributed by atoms with Gasteiger partial charge in [0.25, 0.3) is 5.91 Å². The number of aromatic amines is 1. The van der Waals surface area contributed by atoms with Crippen LogP contribution in [0.2, 0.25) is 0 Å². The van der Waals surface area contributed by atoms with Gasteiger partial charge in [0.15, 0.2) is 6.61 Å². The second kappa shape index (κ2) is 8.73. The first-order valence-corrected chi connectivity index (χ1v) is 10.7. The first-order chi connectivity index (χ1) is 15.0. The van der Waals surface area contributed by atoms with E-state index in [1.165, 1.54) is 11.3 Å². The molecule has 0 fully saturated rings. The van der Waals surface area contributed by atoms with Crippen LogP contribution >= 0.6 is 11.3 Å². The number of carbonyl (C=O) groups is 3. The lowest BCUT2D eigenvalue weighted by Gasteiger charge is -2.09. The fourth-order valence-electron chi connectivity index (χ4n) is 3.66. The molecule has 31 heavy (non-hydrogen) atoms. The standard InChI is InChI=1S/C22H20N2O6S/c1-2-29-22(28)19-13-7-5-9-16(13)31-20(19)24-18(26)11-30-21(27)14-10-17(25)23-15-8-4-3-6-12(14)15/h3-4,6,8,10H,2,5,7,9,11H2,1H3,(H,23,25)(H,24,26). The summed E-state index contributed by atoms with van der Waals surface area (Å²) in [6, 6.07) is 7.97. The van der Waals surface area contributed by atoms with E-state index in [0.717, 1.165) is 35.8 Å². The van der Waals surface area contributed by atoms with Gasteiger partial charge in [0, 0.05) is 21.8 Å². The molecule has 9 heteroatoms. The number of amides is 1. The maximum Gasteiger partial charge on any atom is 0.341 e. The molecule has 0 unspecified atom stereocenters. The van der Waals surface area contributed by atoms with Gasteiger partial charge in [0.1, 0.15) is 5.00 Å². The van der Waals surface area contributed by atoms with Crippen LogP contribution in [0, 0.1) is 0 Å². The van der Waals surface area contributed by atoms with Crippen molar-refractivity contribution in [3.05, 3.63) is 62.3 Å². The average Bonchev–Trinajstić information content (AvgIpc) is 3.32. The average molecular weight is 440 g/mol. The Morgan fingerprint density at radius 1 is 1.13 bits per heavy atom. The molecule has 3 aromatic rings. The van der Waals surface area contributed by atoms with Crippen molar-refractivity contribution >= 4 is 45.1 Å². The Balaban J connectivity index is 1.48. The largest absolute Gasteiger partial charge is 0.462 e. The highest BCUT2D eigenvalue weighted by Crippen LogP contribution is 2.39. The van der Waals surface area contributed by atoms with Crippen LogP contribution in [-0.2, 0) is 27.1 Å². The summed E-state index contributed by atoms with van der Waals surface area (Å²) >= 11 is 1.35. The smallest absolute Gasteiger partial charge is 0.341 e. The molecule has 2 heterocycles. The number of hydrogen-bond acceptors (Lipinski definition) is 7. The van der Waals surface area contributed by atoms with E-state index >= 15 is 0 Å². The first kappa shape index (κ1) is 20.8. The van der Waals surface area contributed by atoms with E-state index < -0.39 is 30.0 Å². The molecule has 2 aromatic heterocycles. The summed E-state index contributed by atoms with van der Waals surface area (Å²) in [6.07, 6.45) is 2.58. The van der Waals surface area contributed by atoms with Crippen LogP contribution in [0.5, 0.6) is 0 Å². The van der Waals surface area contributed by atoms with Crippen molar-refractivity contribution in [3.63, 3.8) is 0 Å². The first-order valence-electron chi connectivity index (χ1n) is 9.88. The van der Waals surface area contributed by atoms with Gasteiger partial charge in [-0.1, -0.05) is 18.2 Å². The SMILES string of the molecule is CCOC(=O)c1c(NC(=O)COC(=O)c2cc(=O)[nH]c3ccccc23)sc2c1CCC2. The lowest BCUT2D eigenvalue weighted by Crippen LogP contribution is -2.22. The lowest BCUT2D eigenvalue weighted by molar-refractivity contribution is -0.119. The number of anilines is 1. The van der Waals surface area contributed by atoms with E-state index in [4.69, 9.17) is 9.47 Å². The minimum Gasteiger partial charge on any atom is -0.462 e. The number of esters is 2. The molecule has 0 saturated carbocycles. The van der Waals surface area contributed by atoms with Gasteiger partial charge in [0.05, 0.1) is 17.7 Å². The van der Waals surface area contributed by atoms with Crippen LogP contribution in [0.25, 0.3) is 10.9 Å². The quantitative estimate of drug-likeness (QED) is 0.570. The van der Waals surface area contributed by atoms with Crippen molar-refractivity contribution < 1.29 is 23.9 Å². The second-order valence-electron chi connectivity index (χ2n) is 7.00. The van der Waals surface area contributed by atoms with E-state index in [2.05, 4.69) is 10.3 Å². The normalized spacial score (nSPS) is 12.4. The number of ether oxygens (including phenoxy) is 2. The zero-order valence-electron chi connectivity index (χ0n) is 16.8. The number of aromatic nitrogens is 1. The highest BCUT2D eigenvalue weighted by atomic mass is 32.1. The van der Waals surface area contributed by atoms with Crippen molar-refractivity contribution in [2.45, 2.75) is 26.2 Å². The Morgan fingerprint density at radius 2 is 1.94 bits per heavy atom. The summed E-state index contributed by atoms with van der Waals surface area (Å²) in [4.78, 5) is 52.9. The van der Waals surface area contributed by atoms with Crippen molar-refractivity contribution in [3.8, 4) is 0 Å². The van der Waals surface area contributed by atoms with Crippen LogP contribution in [0.15, 0.2) is 35.1 Å². The van der Waals surface area contributed by atoms with Crippen molar-refractivity contribution in [2.75, 3.05) is 18.5 Å². The molecule has 0 bridgehead atoms. The fraction of sp³-hybridized carbons (Fsp3) is 0.273. The molecule has 2 N–H and O–H groups in total. The van der Waals surface area contributed by atoms with Gasteiger partial charge in [0.2, 0.25) is 5.56 Å². The summed E-state index contributed by atoms with van der Waals surface area (Å²) in [6.45, 7) is 1.41. The number of fused-ring (bicyclic) bond motifs is 2. The Labute approximate surface area is 181 Å². The number of thiophene rings is 1. The predicted octanol–water partition coefficient (Wildman–Crippen LogP) is 3.05. The maximum absolute atomic E-state index is 12.5. The number of pyridine rings is 1. The number of benzene rings is 1. The topological polar surface area (TPSA) is 115 Å². The Hall–Kier alpha value is -3.46. The van der Waals surface area contributed by atoms with Gasteiger partial charge in [-0.15, -0.1) is 11.3 Å². The van der Waals surface area contributed by atoms with Crippen molar-refractivity contribution in [1.82, 2.24) is 4.98 Å². The van der Waals surface area contributed by atoms with Crippen LogP contribution < -0.4 is 10.9 Å². The van der Waals surface area contributed by atoms with Gasteiger partial charge in [-0.25, -0.2) is 9.59 Å². The summed E-state index contributed by atoms with van der Waals surface area (Å²) < 4.78 is 10.3. The molecule has 0 atom stereocenters. The minimum atomic E-state index is -0.781. The number of rotatable bonds is 6. The Bertz CT molecular complexity index is 1240. The zero-order chi connectivity index (χ0) is 22.0. The van der Waals surface area contributed by atoms with Crippen molar-refractivity contribution in [1.29, 1.82) is 0 Å². The summed E-state index contributed by atoms with van der Waals surface area (Å²) in [5.41, 5.74) is 1.45. The molecule has 1 aliphatic rings. The number of para-hydroxylation sites is 1. The molecule has 0 radical (unpaired) electrons. The highest BCUT2D eigenvalue weighted by Gasteiger charge is 2.28. The van der Waals surface area contributed by atoms with Gasteiger partial charge < -0.3 is 19.8 Å². The molecular weight excluding hydrogens is 420 g/mol. The number of aryl methyl sites for hydroxylation is 1. The highest BCUT2D eigenvalue weighted by molar-refractivity contribution is 7.17. The molecule has 0 saturated heterocycles. The van der Waals surface area contributed by atoms with Crippen LogP contribution in [0.4, 0.5) is 5.00 Å². The minimum absolute atomic E-state index is 0.0782. The second-order valence-corrected chi connectivity index (χ2v) is 8.10. The summed E-state index contributed by atoms with van der Waals surface area (Å²) in [7, 11) is 0. The lowest BCUT2D eigenvalue weighted by atomic mass is 10.1. The third-order valence-electron chi connectivity index (χ3n) is 4.96. The summed E-state index contributed by atoms with van der Waals surface area (Å²) in [5, 5.41) is 3.60. The van der Waals surface area contributed by atoms with E-state index in [-0.39, 0.29) is 12.2 Å². The van der Waals surface area contributed by atoms with Crippen LogP contribution in [0.1, 0.15) is 44.5 Å². The van der Waals surface area contributed by atoms with E-state index in [1.54, 1.807) is 31.2 Å². The molecule has 1 aliphatic carbocycles. The molecule has 0 spiro atoms. The maximum atomic E-state index is 12.5. The van der Waals surface area contributed by atoms with Gasteiger partial charge in [-0.2, -0.15) is 0 Å². The molecular formula is C22H20N2O6S. The van der Waals surface area contributed by atoms with Crippen LogP contribution in [0.3, 0.4) is 0 Å². The summed E-state index contributed by atoms with van der Waals surface area (Å²) in [5.74, 6) is -1.83. The molecule has 0 aliphatic heterocycles. The van der Waals surface area contributed by atoms with Gasteiger partial charge in [-0.05, 0) is 37.8 Å². The fourth-order valence-corrected chi connectivity index (χ4v) is 4.95. The molecule has 160 valence electrons. The predicted molar refractivity (Wildman–Crippen MR) is 116 cm³/mol. The van der Waals surface area contributed by atoms with Gasteiger partial charge >= 0.3 is 11.9 Å². The number of carbonyl (C=O) groups excluding carboxylic acids is 3. The van der Waals surface area contributed by atoms with E-state index in [9.17, 15) is 19.2 Å². The third kappa shape index (κ3) is 4.22. The van der Waals surface area contributed by atoms with E-state index in [1.807, 2.05) is 0 Å². The third-order valence-corrected chi connectivity index (χ3v) is 6.17.